The number of hydrogen-bond donors (Lipinski definition) is 1. The number of benzene rings is 2. The highest BCUT2D eigenvalue weighted by molar-refractivity contribution is 5.56. The van der Waals surface area contributed by atoms with Crippen LogP contribution in [0.1, 0.15) is 24.9 Å². The highest BCUT2D eigenvalue weighted by Gasteiger charge is 2.15. The molecule has 0 aliphatic carbocycles. The predicted molar refractivity (Wildman–Crippen MR) is 75.6 cm³/mol. The molecule has 1 atom stereocenters. The van der Waals surface area contributed by atoms with Crippen molar-refractivity contribution in [3.05, 3.63) is 53.8 Å². The molecule has 0 saturated carbocycles. The topological polar surface area (TPSA) is 30.5 Å². The lowest BCUT2D eigenvalue weighted by Crippen LogP contribution is -2.09. The summed E-state index contributed by atoms with van der Waals surface area (Å²) >= 11 is 0. The second-order valence-corrected chi connectivity index (χ2v) is 4.72. The van der Waals surface area contributed by atoms with Crippen molar-refractivity contribution < 1.29 is 13.9 Å². The van der Waals surface area contributed by atoms with Gasteiger partial charge in [-0.1, -0.05) is 19.1 Å². The molecule has 3 rings (SSSR count). The van der Waals surface area contributed by atoms with Crippen LogP contribution in [0.5, 0.6) is 11.5 Å². The lowest BCUT2D eigenvalue weighted by atomic mass is 10.0. The van der Waals surface area contributed by atoms with Crippen LogP contribution in [0.4, 0.5) is 10.1 Å². The van der Waals surface area contributed by atoms with E-state index in [4.69, 9.17) is 9.47 Å². The summed E-state index contributed by atoms with van der Waals surface area (Å²) in [5, 5.41) is 3.44. The Morgan fingerprint density at radius 1 is 1.10 bits per heavy atom. The lowest BCUT2D eigenvalue weighted by Gasteiger charge is -2.19. The van der Waals surface area contributed by atoms with Crippen molar-refractivity contribution in [1.29, 1.82) is 0 Å². The van der Waals surface area contributed by atoms with Crippen molar-refractivity contribution in [2.45, 2.75) is 19.4 Å². The molecule has 20 heavy (non-hydrogen) atoms. The molecule has 2 aromatic rings. The second-order valence-electron chi connectivity index (χ2n) is 4.72. The molecule has 1 N–H and O–H groups in total. The third kappa shape index (κ3) is 2.54. The third-order valence-corrected chi connectivity index (χ3v) is 3.39. The molecule has 3 nitrogen and oxygen atoms in total. The van der Waals surface area contributed by atoms with E-state index in [1.54, 1.807) is 0 Å². The quantitative estimate of drug-likeness (QED) is 0.909. The summed E-state index contributed by atoms with van der Waals surface area (Å²) < 4.78 is 23.6. The number of ether oxygens (including phenoxy) is 2. The number of rotatable bonds is 4. The van der Waals surface area contributed by atoms with Crippen molar-refractivity contribution >= 4 is 5.69 Å². The van der Waals surface area contributed by atoms with Gasteiger partial charge in [0.1, 0.15) is 5.82 Å². The highest BCUT2D eigenvalue weighted by atomic mass is 19.1. The average Bonchev–Trinajstić information content (AvgIpc) is 2.93. The van der Waals surface area contributed by atoms with E-state index in [-0.39, 0.29) is 18.7 Å². The average molecular weight is 273 g/mol. The highest BCUT2D eigenvalue weighted by Crippen LogP contribution is 2.35. The van der Waals surface area contributed by atoms with Gasteiger partial charge in [0.05, 0.1) is 6.04 Å². The van der Waals surface area contributed by atoms with Crippen LogP contribution in [-0.4, -0.2) is 6.79 Å². The minimum Gasteiger partial charge on any atom is -0.454 e. The summed E-state index contributed by atoms with van der Waals surface area (Å²) in [7, 11) is 0. The summed E-state index contributed by atoms with van der Waals surface area (Å²) in [6.07, 6.45) is 0.903. The Bertz CT molecular complexity index is 598. The van der Waals surface area contributed by atoms with Crippen LogP contribution in [0.2, 0.25) is 0 Å². The molecule has 0 amide bonds. The van der Waals surface area contributed by atoms with Gasteiger partial charge in [-0.15, -0.1) is 0 Å². The summed E-state index contributed by atoms with van der Waals surface area (Å²) in [4.78, 5) is 0. The Morgan fingerprint density at radius 3 is 2.60 bits per heavy atom. The molecule has 1 unspecified atom stereocenters. The molecule has 2 aromatic carbocycles. The van der Waals surface area contributed by atoms with Crippen LogP contribution in [0.25, 0.3) is 0 Å². The summed E-state index contributed by atoms with van der Waals surface area (Å²) in [5.41, 5.74) is 2.02. The van der Waals surface area contributed by atoms with E-state index in [0.29, 0.717) is 0 Å². The van der Waals surface area contributed by atoms with Crippen LogP contribution in [0.15, 0.2) is 42.5 Å². The van der Waals surface area contributed by atoms with Gasteiger partial charge in [-0.2, -0.15) is 0 Å². The molecular weight excluding hydrogens is 257 g/mol. The van der Waals surface area contributed by atoms with Crippen molar-refractivity contribution in [2.24, 2.45) is 0 Å². The molecule has 104 valence electrons. The van der Waals surface area contributed by atoms with Crippen LogP contribution in [-0.2, 0) is 0 Å². The maximum absolute atomic E-state index is 13.0. The van der Waals surface area contributed by atoms with E-state index < -0.39 is 0 Å². The Hall–Kier alpha value is -2.23. The van der Waals surface area contributed by atoms with Crippen molar-refractivity contribution in [1.82, 2.24) is 0 Å². The number of anilines is 1. The number of nitrogens with one attached hydrogen (secondary N) is 1. The molecule has 1 aliphatic rings. The van der Waals surface area contributed by atoms with Crippen LogP contribution in [0, 0.1) is 5.82 Å². The second kappa shape index (κ2) is 5.41. The molecular formula is C16H16FNO2. The van der Waals surface area contributed by atoms with Crippen molar-refractivity contribution in [2.75, 3.05) is 12.1 Å². The molecule has 1 aliphatic heterocycles. The maximum Gasteiger partial charge on any atom is 0.231 e. The third-order valence-electron chi connectivity index (χ3n) is 3.39. The number of fused-ring (bicyclic) bond motifs is 1. The van der Waals surface area contributed by atoms with Crippen LogP contribution < -0.4 is 14.8 Å². The van der Waals surface area contributed by atoms with E-state index in [2.05, 4.69) is 12.2 Å². The Labute approximate surface area is 117 Å². The summed E-state index contributed by atoms with van der Waals surface area (Å²) in [6.45, 7) is 2.36. The van der Waals surface area contributed by atoms with Gasteiger partial charge in [0.25, 0.3) is 0 Å². The molecule has 0 saturated heterocycles. The number of hydrogen-bond acceptors (Lipinski definition) is 3. The summed E-state index contributed by atoms with van der Waals surface area (Å²) in [5.74, 6) is 1.31. The monoisotopic (exact) mass is 273 g/mol. The first kappa shape index (κ1) is 12.8. The molecule has 0 radical (unpaired) electrons. The molecule has 0 spiro atoms. The molecule has 0 bridgehead atoms. The standard InChI is InChI=1S/C16H16FNO2/c1-2-14(11-3-5-12(17)6-4-11)18-13-7-8-15-16(9-13)20-10-19-15/h3-9,14,18H,2,10H2,1H3. The molecule has 0 fully saturated rings. The first-order valence-electron chi connectivity index (χ1n) is 6.68. The number of halogens is 1. The summed E-state index contributed by atoms with van der Waals surface area (Å²) in [6, 6.07) is 12.5. The Balaban J connectivity index is 1.79. The first-order chi connectivity index (χ1) is 9.76. The minimum absolute atomic E-state index is 0.135. The lowest BCUT2D eigenvalue weighted by molar-refractivity contribution is 0.174. The molecule has 4 heteroatoms. The first-order valence-corrected chi connectivity index (χ1v) is 6.68. The zero-order valence-electron chi connectivity index (χ0n) is 11.2. The smallest absolute Gasteiger partial charge is 0.231 e. The van der Waals surface area contributed by atoms with E-state index in [9.17, 15) is 4.39 Å². The molecule has 0 aromatic heterocycles. The van der Waals surface area contributed by atoms with Gasteiger partial charge in [-0.25, -0.2) is 4.39 Å². The largest absolute Gasteiger partial charge is 0.454 e. The van der Waals surface area contributed by atoms with E-state index >= 15 is 0 Å². The van der Waals surface area contributed by atoms with Crippen LogP contribution in [0.3, 0.4) is 0 Å². The molecule has 1 heterocycles. The Kier molecular flexibility index (Phi) is 3.46. The van der Waals surface area contributed by atoms with E-state index in [1.807, 2.05) is 30.3 Å². The Morgan fingerprint density at radius 2 is 1.85 bits per heavy atom. The van der Waals surface area contributed by atoms with Crippen molar-refractivity contribution in [3.63, 3.8) is 0 Å². The van der Waals surface area contributed by atoms with Gasteiger partial charge < -0.3 is 14.8 Å². The van der Waals surface area contributed by atoms with Crippen molar-refractivity contribution in [3.8, 4) is 11.5 Å². The SMILES string of the molecule is CCC(Nc1ccc2c(c1)OCO2)c1ccc(F)cc1. The van der Waals surface area contributed by atoms with Gasteiger partial charge >= 0.3 is 0 Å². The maximum atomic E-state index is 13.0. The van der Waals surface area contributed by atoms with Gasteiger partial charge in [0.2, 0.25) is 6.79 Å². The zero-order valence-corrected chi connectivity index (χ0v) is 11.2. The van der Waals surface area contributed by atoms with E-state index in [1.165, 1.54) is 12.1 Å². The fraction of sp³-hybridized carbons (Fsp3) is 0.250. The van der Waals surface area contributed by atoms with Gasteiger partial charge in [-0.05, 0) is 36.2 Å². The predicted octanol–water partition coefficient (Wildman–Crippen LogP) is 4.12. The van der Waals surface area contributed by atoms with Gasteiger partial charge in [0, 0.05) is 11.8 Å². The fourth-order valence-electron chi connectivity index (χ4n) is 2.30. The zero-order chi connectivity index (χ0) is 13.9. The van der Waals surface area contributed by atoms with E-state index in [0.717, 1.165) is 29.2 Å². The normalized spacial score (nSPS) is 14.1. The van der Waals surface area contributed by atoms with Gasteiger partial charge in [-0.3, -0.25) is 0 Å². The van der Waals surface area contributed by atoms with Crippen LogP contribution >= 0.6 is 0 Å². The minimum atomic E-state index is -0.216. The van der Waals surface area contributed by atoms with Gasteiger partial charge in [0.15, 0.2) is 11.5 Å². The fourth-order valence-corrected chi connectivity index (χ4v) is 2.30.